The van der Waals surface area contributed by atoms with Gasteiger partial charge in [0.05, 0.1) is 12.1 Å². The first-order valence-corrected chi connectivity index (χ1v) is 8.62. The summed E-state index contributed by atoms with van der Waals surface area (Å²) < 4.78 is 2.35. The lowest BCUT2D eigenvalue weighted by Crippen LogP contribution is -2.56. The van der Waals surface area contributed by atoms with Crippen LogP contribution < -0.4 is 22.3 Å². The third-order valence-corrected chi connectivity index (χ3v) is 4.76. The highest BCUT2D eigenvalue weighted by Gasteiger charge is 2.28. The smallest absolute Gasteiger partial charge is 0.331 e. The number of hydrogen-bond donors (Lipinski definition) is 2. The fourth-order valence-corrected chi connectivity index (χ4v) is 2.54. The molecule has 0 aliphatic heterocycles. The van der Waals surface area contributed by atoms with Crippen molar-refractivity contribution in [3.63, 3.8) is 0 Å². The molecule has 7 heteroatoms. The predicted octanol–water partition coefficient (Wildman–Crippen LogP) is 0.548. The molecule has 0 bridgehead atoms. The highest BCUT2D eigenvalue weighted by Crippen LogP contribution is 2.14. The number of benzene rings is 1. The molecule has 0 saturated heterocycles. The number of aromatic nitrogens is 2. The van der Waals surface area contributed by atoms with Crippen LogP contribution in [0.3, 0.4) is 0 Å². The van der Waals surface area contributed by atoms with E-state index in [4.69, 9.17) is 5.73 Å². The summed E-state index contributed by atoms with van der Waals surface area (Å²) in [7, 11) is 0. The third kappa shape index (κ3) is 4.49. The van der Waals surface area contributed by atoms with Crippen LogP contribution in [0.2, 0.25) is 0 Å². The van der Waals surface area contributed by atoms with Gasteiger partial charge in [0.2, 0.25) is 5.91 Å². The zero-order valence-electron chi connectivity index (χ0n) is 15.4. The molecule has 0 saturated carbocycles. The minimum Gasteiger partial charge on any atom is -0.348 e. The van der Waals surface area contributed by atoms with Crippen LogP contribution in [0.15, 0.2) is 52.2 Å². The summed E-state index contributed by atoms with van der Waals surface area (Å²) in [4.78, 5) is 37.1. The van der Waals surface area contributed by atoms with E-state index < -0.39 is 22.7 Å². The van der Waals surface area contributed by atoms with Crippen molar-refractivity contribution in [2.45, 2.75) is 39.4 Å². The van der Waals surface area contributed by atoms with E-state index >= 15 is 0 Å². The fraction of sp³-hybridized carbons (Fsp3) is 0.421. The van der Waals surface area contributed by atoms with E-state index in [1.54, 1.807) is 0 Å². The summed E-state index contributed by atoms with van der Waals surface area (Å²) >= 11 is 0. The van der Waals surface area contributed by atoms with Gasteiger partial charge in [-0.05, 0) is 18.4 Å². The molecule has 0 aliphatic rings. The first-order valence-electron chi connectivity index (χ1n) is 8.62. The Hall–Kier alpha value is -2.67. The van der Waals surface area contributed by atoms with Crippen molar-refractivity contribution in [2.24, 2.45) is 11.7 Å². The Balaban J connectivity index is 2.24. The number of nitrogens with two attached hydrogens (primary N) is 1. The van der Waals surface area contributed by atoms with Gasteiger partial charge in [-0.15, -0.1) is 0 Å². The molecular formula is C19H26N4O3. The first kappa shape index (κ1) is 19.7. The maximum atomic E-state index is 12.6. The van der Waals surface area contributed by atoms with Gasteiger partial charge in [-0.3, -0.25) is 18.7 Å². The van der Waals surface area contributed by atoms with Gasteiger partial charge in [0.25, 0.3) is 5.56 Å². The highest BCUT2D eigenvalue weighted by atomic mass is 16.2. The van der Waals surface area contributed by atoms with Crippen LogP contribution in [0.4, 0.5) is 0 Å². The molecule has 1 heterocycles. The molecular weight excluding hydrogens is 332 g/mol. The number of carbonyl (C=O) groups is 1. The van der Waals surface area contributed by atoms with Gasteiger partial charge in [-0.2, -0.15) is 0 Å². The van der Waals surface area contributed by atoms with Gasteiger partial charge in [0.15, 0.2) is 0 Å². The second-order valence-electron chi connectivity index (χ2n) is 6.96. The largest absolute Gasteiger partial charge is 0.348 e. The Bertz CT molecular complexity index is 870. The molecule has 0 fully saturated rings. The topological polar surface area (TPSA) is 99.1 Å². The van der Waals surface area contributed by atoms with Crippen molar-refractivity contribution >= 4 is 5.91 Å². The van der Waals surface area contributed by atoms with Crippen molar-refractivity contribution in [3.8, 4) is 0 Å². The van der Waals surface area contributed by atoms with E-state index in [1.807, 2.05) is 51.1 Å². The van der Waals surface area contributed by atoms with E-state index in [-0.39, 0.29) is 19.0 Å². The molecule has 26 heavy (non-hydrogen) atoms. The number of carbonyl (C=O) groups excluding carboxylic acids is 1. The summed E-state index contributed by atoms with van der Waals surface area (Å²) in [6.45, 7) is 6.00. The maximum absolute atomic E-state index is 12.6. The molecule has 1 amide bonds. The zero-order chi connectivity index (χ0) is 19.3. The normalized spacial score (nSPS) is 13.4. The molecule has 3 N–H and O–H groups in total. The standard InChI is InChI=1S/C19H26N4O3/c1-14(2)19(3,13-20)21-16(24)12-23-17(25)9-10-22(18(23)26)11-15-7-5-4-6-8-15/h4-10,14H,11-13,20H2,1-3H3,(H,21,24). The van der Waals surface area contributed by atoms with Gasteiger partial charge >= 0.3 is 5.69 Å². The zero-order valence-corrected chi connectivity index (χ0v) is 15.4. The van der Waals surface area contributed by atoms with Crippen molar-refractivity contribution in [1.29, 1.82) is 0 Å². The maximum Gasteiger partial charge on any atom is 0.331 e. The minimum absolute atomic E-state index is 0.110. The minimum atomic E-state index is -0.599. The Morgan fingerprint density at radius 1 is 1.19 bits per heavy atom. The van der Waals surface area contributed by atoms with Crippen molar-refractivity contribution in [2.75, 3.05) is 6.54 Å². The van der Waals surface area contributed by atoms with E-state index in [9.17, 15) is 14.4 Å². The molecule has 1 aromatic heterocycles. The van der Waals surface area contributed by atoms with E-state index in [0.717, 1.165) is 10.1 Å². The Labute approximate surface area is 152 Å². The molecule has 0 aliphatic carbocycles. The van der Waals surface area contributed by atoms with Gasteiger partial charge in [-0.25, -0.2) is 4.79 Å². The van der Waals surface area contributed by atoms with Crippen molar-refractivity contribution in [1.82, 2.24) is 14.5 Å². The number of nitrogens with one attached hydrogen (secondary N) is 1. The Kier molecular flexibility index (Phi) is 6.15. The molecule has 140 valence electrons. The van der Waals surface area contributed by atoms with Gasteiger partial charge in [0, 0.05) is 18.8 Å². The molecule has 1 unspecified atom stereocenters. The summed E-state index contributed by atoms with van der Waals surface area (Å²) in [6.07, 6.45) is 1.45. The second-order valence-corrected chi connectivity index (χ2v) is 6.96. The Morgan fingerprint density at radius 2 is 1.85 bits per heavy atom. The average molecular weight is 358 g/mol. The van der Waals surface area contributed by atoms with Gasteiger partial charge < -0.3 is 11.1 Å². The number of rotatable bonds is 7. The number of hydrogen-bond acceptors (Lipinski definition) is 4. The third-order valence-electron chi connectivity index (χ3n) is 4.76. The van der Waals surface area contributed by atoms with E-state index in [2.05, 4.69) is 5.32 Å². The predicted molar refractivity (Wildman–Crippen MR) is 101 cm³/mol. The summed E-state index contributed by atoms with van der Waals surface area (Å²) in [6, 6.07) is 10.7. The monoisotopic (exact) mass is 358 g/mol. The molecule has 0 radical (unpaired) electrons. The van der Waals surface area contributed by atoms with E-state index in [1.165, 1.54) is 16.8 Å². The van der Waals surface area contributed by atoms with Crippen LogP contribution in [0.5, 0.6) is 0 Å². The van der Waals surface area contributed by atoms with Gasteiger partial charge in [0.1, 0.15) is 6.54 Å². The lowest BCUT2D eigenvalue weighted by Gasteiger charge is -2.33. The number of amides is 1. The first-order chi connectivity index (χ1) is 12.3. The molecule has 2 rings (SSSR count). The molecule has 1 aromatic carbocycles. The molecule has 2 aromatic rings. The summed E-state index contributed by atoms with van der Waals surface area (Å²) in [5.41, 5.74) is 5.08. The highest BCUT2D eigenvalue weighted by molar-refractivity contribution is 5.76. The molecule has 0 spiro atoms. The average Bonchev–Trinajstić information content (AvgIpc) is 2.61. The van der Waals surface area contributed by atoms with Gasteiger partial charge in [-0.1, -0.05) is 44.2 Å². The lowest BCUT2D eigenvalue weighted by atomic mass is 9.88. The fourth-order valence-electron chi connectivity index (χ4n) is 2.54. The van der Waals surface area contributed by atoms with Crippen molar-refractivity contribution < 1.29 is 4.79 Å². The second kappa shape index (κ2) is 8.14. The van der Waals surface area contributed by atoms with Crippen LogP contribution in [-0.4, -0.2) is 27.1 Å². The lowest BCUT2D eigenvalue weighted by molar-refractivity contribution is -0.124. The summed E-state index contributed by atoms with van der Waals surface area (Å²) in [5, 5.41) is 2.84. The molecule has 1 atom stereocenters. The van der Waals surface area contributed by atoms with Crippen LogP contribution in [-0.2, 0) is 17.9 Å². The quantitative estimate of drug-likeness (QED) is 0.755. The van der Waals surface area contributed by atoms with Crippen LogP contribution in [0.25, 0.3) is 0 Å². The van der Waals surface area contributed by atoms with Crippen LogP contribution in [0.1, 0.15) is 26.3 Å². The van der Waals surface area contributed by atoms with E-state index in [0.29, 0.717) is 6.54 Å². The Morgan fingerprint density at radius 3 is 2.42 bits per heavy atom. The van der Waals surface area contributed by atoms with Crippen LogP contribution >= 0.6 is 0 Å². The van der Waals surface area contributed by atoms with Crippen molar-refractivity contribution in [3.05, 3.63) is 69.0 Å². The van der Waals surface area contributed by atoms with Crippen LogP contribution in [0, 0.1) is 5.92 Å². The molecule has 7 nitrogen and oxygen atoms in total. The SMILES string of the molecule is CC(C)C(C)(CN)NC(=O)Cn1c(=O)ccn(Cc2ccccc2)c1=O. The number of nitrogens with zero attached hydrogens (tertiary/aromatic N) is 2. The summed E-state index contributed by atoms with van der Waals surface area (Å²) in [5.74, 6) is -0.304.